The largest absolute Gasteiger partial charge is 0.466 e. The molecular formula is C20H45O7PS2. The van der Waals surface area contributed by atoms with Crippen molar-refractivity contribution >= 4 is 29.4 Å². The Labute approximate surface area is 188 Å². The van der Waals surface area contributed by atoms with Crippen LogP contribution >= 0.6 is 19.6 Å². The lowest BCUT2D eigenvalue weighted by molar-refractivity contribution is 0.275. The van der Waals surface area contributed by atoms with E-state index < -0.39 is 17.7 Å². The number of phosphoric acid groups is 1. The average Bonchev–Trinajstić information content (AvgIpc) is 2.64. The Morgan fingerprint density at radius 3 is 1.47 bits per heavy atom. The highest BCUT2D eigenvalue weighted by Crippen LogP contribution is 2.25. The number of hydrogen-bond donors (Lipinski definition) is 4. The van der Waals surface area contributed by atoms with Gasteiger partial charge in [-0.25, -0.2) is 13.0 Å². The molecule has 0 aromatic carbocycles. The minimum atomic E-state index is -4.64. The van der Waals surface area contributed by atoms with Gasteiger partial charge in [0.05, 0.1) is 11.5 Å². The molecule has 10 heteroatoms. The maximum absolute atomic E-state index is 11.9. The molecule has 0 fully saturated rings. The van der Waals surface area contributed by atoms with Crippen molar-refractivity contribution in [3.05, 3.63) is 0 Å². The molecule has 30 heavy (non-hydrogen) atoms. The van der Waals surface area contributed by atoms with Gasteiger partial charge < -0.3 is 19.8 Å². The monoisotopic (exact) mass is 492 g/mol. The van der Waals surface area contributed by atoms with Gasteiger partial charge in [0.2, 0.25) is 0 Å². The normalized spacial score (nSPS) is 11.9. The molecule has 0 saturated heterocycles. The zero-order chi connectivity index (χ0) is 23.1. The van der Waals surface area contributed by atoms with Crippen LogP contribution in [0, 0.1) is 0 Å². The fourth-order valence-electron chi connectivity index (χ4n) is 2.90. The highest BCUT2D eigenvalue weighted by Gasteiger charge is 2.09. The van der Waals surface area contributed by atoms with Crippen LogP contribution in [-0.2, 0) is 14.4 Å². The van der Waals surface area contributed by atoms with E-state index in [1.807, 2.05) is 0 Å². The van der Waals surface area contributed by atoms with E-state index in [1.54, 1.807) is 11.8 Å². The average molecular weight is 493 g/mol. The molecule has 0 aliphatic heterocycles. The summed E-state index contributed by atoms with van der Waals surface area (Å²) >= 11 is 1.63. The van der Waals surface area contributed by atoms with Crippen molar-refractivity contribution in [3.63, 3.8) is 0 Å². The quantitative estimate of drug-likeness (QED) is 0.142. The van der Waals surface area contributed by atoms with Gasteiger partial charge in [-0.3, -0.25) is 0 Å². The first-order valence-corrected chi connectivity index (χ1v) is 15.8. The number of unbranched alkanes of at least 4 members (excludes halogenated alkanes) is 12. The minimum Gasteiger partial charge on any atom is -0.396 e. The van der Waals surface area contributed by atoms with E-state index in [4.69, 9.17) is 24.4 Å². The molecule has 0 bridgehead atoms. The van der Waals surface area contributed by atoms with Crippen LogP contribution in [-0.4, -0.2) is 57.8 Å². The predicted molar refractivity (Wildman–Crippen MR) is 128 cm³/mol. The molecule has 4 N–H and O–H groups in total. The molecular weight excluding hydrogens is 447 g/mol. The molecule has 0 aromatic heterocycles. The standard InChI is InChI=1S/C20H42O3S2.H3O4P/c1-2-3-4-5-6-7-8-9-10-11-12-13-14-19-25(22,23)20-18-24-17-15-16-21;1-5(2,3)4/h21H,2-20H2,1H3;(H3,1,2,3,4). The van der Waals surface area contributed by atoms with Gasteiger partial charge in [0, 0.05) is 12.4 Å². The van der Waals surface area contributed by atoms with E-state index in [9.17, 15) is 8.42 Å². The summed E-state index contributed by atoms with van der Waals surface area (Å²) in [5, 5.41) is 8.68. The minimum absolute atomic E-state index is 0.193. The predicted octanol–water partition coefficient (Wildman–Crippen LogP) is 4.68. The summed E-state index contributed by atoms with van der Waals surface area (Å²) in [5.41, 5.74) is 0. The summed E-state index contributed by atoms with van der Waals surface area (Å²) in [5.74, 6) is 2.16. The summed E-state index contributed by atoms with van der Waals surface area (Å²) in [7, 11) is -7.51. The fraction of sp³-hybridized carbons (Fsp3) is 1.00. The second-order valence-electron chi connectivity index (χ2n) is 7.60. The molecule has 0 saturated carbocycles. The Hall–Kier alpha value is 0.370. The first-order chi connectivity index (χ1) is 14.1. The molecule has 7 nitrogen and oxygen atoms in total. The molecule has 0 spiro atoms. The molecule has 0 rings (SSSR count). The third-order valence-corrected chi connectivity index (χ3v) is 7.61. The number of aliphatic hydroxyl groups excluding tert-OH is 1. The Bertz CT molecular complexity index is 487. The number of aliphatic hydroxyl groups is 1. The van der Waals surface area contributed by atoms with Crippen molar-refractivity contribution in [2.75, 3.05) is 29.6 Å². The van der Waals surface area contributed by atoms with Gasteiger partial charge >= 0.3 is 7.82 Å². The summed E-state index contributed by atoms with van der Waals surface area (Å²) < 4.78 is 32.7. The first-order valence-electron chi connectivity index (χ1n) is 11.3. The van der Waals surface area contributed by atoms with E-state index in [1.165, 1.54) is 70.6 Å². The van der Waals surface area contributed by atoms with Gasteiger partial charge in [-0.2, -0.15) is 11.8 Å². The third-order valence-electron chi connectivity index (χ3n) is 4.54. The molecule has 0 aromatic rings. The zero-order valence-corrected chi connectivity index (χ0v) is 21.2. The van der Waals surface area contributed by atoms with E-state index in [0.717, 1.165) is 25.0 Å². The van der Waals surface area contributed by atoms with Crippen molar-refractivity contribution in [2.45, 2.75) is 96.8 Å². The summed E-state index contributed by atoms with van der Waals surface area (Å²) in [6.45, 7) is 2.45. The summed E-state index contributed by atoms with van der Waals surface area (Å²) in [6.07, 6.45) is 17.4. The molecule has 0 aliphatic rings. The summed E-state index contributed by atoms with van der Waals surface area (Å²) in [6, 6.07) is 0. The molecule has 0 atom stereocenters. The number of rotatable bonds is 20. The Morgan fingerprint density at radius 1 is 0.667 bits per heavy atom. The lowest BCUT2D eigenvalue weighted by Crippen LogP contribution is -2.13. The lowest BCUT2D eigenvalue weighted by atomic mass is 10.1. The lowest BCUT2D eigenvalue weighted by Gasteiger charge is -2.05. The van der Waals surface area contributed by atoms with Crippen LogP contribution < -0.4 is 0 Å². The van der Waals surface area contributed by atoms with Gasteiger partial charge in [-0.05, 0) is 18.6 Å². The summed E-state index contributed by atoms with van der Waals surface area (Å²) in [4.78, 5) is 21.6. The molecule has 0 unspecified atom stereocenters. The van der Waals surface area contributed by atoms with Crippen molar-refractivity contribution in [1.82, 2.24) is 0 Å². The number of hydrogen-bond acceptors (Lipinski definition) is 5. The van der Waals surface area contributed by atoms with E-state index in [-0.39, 0.29) is 6.61 Å². The molecule has 184 valence electrons. The number of sulfone groups is 1. The molecule has 0 radical (unpaired) electrons. The second-order valence-corrected chi connectivity index (χ2v) is 12.2. The fourth-order valence-corrected chi connectivity index (χ4v) is 5.77. The highest BCUT2D eigenvalue weighted by atomic mass is 32.2. The Balaban J connectivity index is 0. The van der Waals surface area contributed by atoms with Crippen molar-refractivity contribution in [1.29, 1.82) is 0 Å². The Morgan fingerprint density at radius 2 is 1.07 bits per heavy atom. The van der Waals surface area contributed by atoms with Gasteiger partial charge in [0.15, 0.2) is 9.84 Å². The maximum atomic E-state index is 11.9. The SMILES string of the molecule is CCCCCCCCCCCCCCCS(=O)(=O)CCSCCCO.O=P(O)(O)O. The number of thioether (sulfide) groups is 1. The molecule has 0 heterocycles. The van der Waals surface area contributed by atoms with Gasteiger partial charge in [0.25, 0.3) is 0 Å². The topological polar surface area (TPSA) is 132 Å². The van der Waals surface area contributed by atoms with Crippen LogP contribution in [0.4, 0.5) is 0 Å². The van der Waals surface area contributed by atoms with Crippen LogP contribution in [0.15, 0.2) is 0 Å². The van der Waals surface area contributed by atoms with Gasteiger partial charge in [-0.15, -0.1) is 0 Å². The van der Waals surface area contributed by atoms with Crippen LogP contribution in [0.5, 0.6) is 0 Å². The van der Waals surface area contributed by atoms with Gasteiger partial charge in [0.1, 0.15) is 0 Å². The van der Waals surface area contributed by atoms with Crippen molar-refractivity contribution in [2.24, 2.45) is 0 Å². The highest BCUT2D eigenvalue weighted by molar-refractivity contribution is 8.00. The van der Waals surface area contributed by atoms with Crippen LogP contribution in [0.1, 0.15) is 96.8 Å². The Kier molecular flexibility index (Phi) is 24.5. The second kappa shape index (κ2) is 22.6. The van der Waals surface area contributed by atoms with E-state index in [0.29, 0.717) is 17.3 Å². The molecule has 0 amide bonds. The third kappa shape index (κ3) is 35.8. The smallest absolute Gasteiger partial charge is 0.396 e. The van der Waals surface area contributed by atoms with E-state index in [2.05, 4.69) is 6.92 Å². The van der Waals surface area contributed by atoms with Crippen LogP contribution in [0.2, 0.25) is 0 Å². The van der Waals surface area contributed by atoms with Crippen molar-refractivity contribution in [3.8, 4) is 0 Å². The van der Waals surface area contributed by atoms with E-state index >= 15 is 0 Å². The first kappa shape index (κ1) is 32.5. The van der Waals surface area contributed by atoms with Crippen molar-refractivity contribution < 1.29 is 32.8 Å². The van der Waals surface area contributed by atoms with Crippen LogP contribution in [0.25, 0.3) is 0 Å². The van der Waals surface area contributed by atoms with Crippen LogP contribution in [0.3, 0.4) is 0 Å². The molecule has 0 aliphatic carbocycles. The zero-order valence-electron chi connectivity index (χ0n) is 18.7. The van der Waals surface area contributed by atoms with Gasteiger partial charge in [-0.1, -0.05) is 84.0 Å². The maximum Gasteiger partial charge on any atom is 0.466 e.